The largest absolute Gasteiger partial charge is 0.357 e. The quantitative estimate of drug-likeness (QED) is 0.673. The summed E-state index contributed by atoms with van der Waals surface area (Å²) < 4.78 is 0. The molecule has 86 valence electrons. The highest BCUT2D eigenvalue weighted by Crippen LogP contribution is 2.14. The van der Waals surface area contributed by atoms with E-state index < -0.39 is 0 Å². The summed E-state index contributed by atoms with van der Waals surface area (Å²) in [6.45, 7) is 0. The fraction of sp³-hybridized carbons (Fsp3) is 0.133. The van der Waals surface area contributed by atoms with Crippen LogP contribution in [0.2, 0.25) is 0 Å². The van der Waals surface area contributed by atoms with Crippen molar-refractivity contribution in [3.63, 3.8) is 0 Å². The van der Waals surface area contributed by atoms with E-state index in [9.17, 15) is 4.79 Å². The molecule has 1 aliphatic heterocycles. The molecule has 0 unspecified atom stereocenters. The highest BCUT2D eigenvalue weighted by Gasteiger charge is 2.01. The van der Waals surface area contributed by atoms with Gasteiger partial charge in [0.25, 0.3) is 0 Å². The summed E-state index contributed by atoms with van der Waals surface area (Å²) in [5.41, 5.74) is 2.27. The molecule has 2 aliphatic rings. The normalized spacial score (nSPS) is 21.9. The van der Waals surface area contributed by atoms with E-state index in [1.165, 1.54) is 0 Å². The van der Waals surface area contributed by atoms with Gasteiger partial charge in [-0.2, -0.15) is 0 Å². The smallest absolute Gasteiger partial charge is 0.130 e. The summed E-state index contributed by atoms with van der Waals surface area (Å²) >= 11 is 0. The van der Waals surface area contributed by atoms with E-state index in [2.05, 4.69) is 18.2 Å². The molecular weight excluding hydrogens is 210 g/mol. The minimum Gasteiger partial charge on any atom is -0.357 e. The van der Waals surface area contributed by atoms with Crippen molar-refractivity contribution in [1.29, 1.82) is 0 Å². The molecule has 0 spiro atoms. The maximum Gasteiger partial charge on any atom is 0.130 e. The Morgan fingerprint density at radius 3 is 2.06 bits per heavy atom. The minimum atomic E-state index is -0.0667. The van der Waals surface area contributed by atoms with Crippen LogP contribution in [0, 0.1) is 5.92 Å². The highest BCUT2D eigenvalue weighted by atomic mass is 16.1. The molecule has 1 heterocycles. The van der Waals surface area contributed by atoms with E-state index in [0.29, 0.717) is 0 Å². The van der Waals surface area contributed by atoms with E-state index in [0.717, 1.165) is 17.4 Å². The van der Waals surface area contributed by atoms with E-state index in [-0.39, 0.29) is 5.92 Å². The van der Waals surface area contributed by atoms with E-state index in [1.54, 1.807) is 0 Å². The van der Waals surface area contributed by atoms with Crippen molar-refractivity contribution in [3.05, 3.63) is 72.2 Å². The Balaban J connectivity index is 2.05. The summed E-state index contributed by atoms with van der Waals surface area (Å²) in [6.07, 6.45) is 20.9. The summed E-state index contributed by atoms with van der Waals surface area (Å²) in [5, 5.41) is 0. The van der Waals surface area contributed by atoms with Gasteiger partial charge in [0.1, 0.15) is 6.29 Å². The van der Waals surface area contributed by atoms with Gasteiger partial charge >= 0.3 is 0 Å². The van der Waals surface area contributed by atoms with E-state index >= 15 is 0 Å². The van der Waals surface area contributed by atoms with Gasteiger partial charge in [0.05, 0.1) is 5.92 Å². The van der Waals surface area contributed by atoms with Gasteiger partial charge in [-0.1, -0.05) is 36.5 Å². The molecular formula is C15H15NO. The third kappa shape index (κ3) is 3.18. The Morgan fingerprint density at radius 2 is 1.53 bits per heavy atom. The number of carbonyl (C=O) groups excluding carboxylic acids is 1. The predicted molar refractivity (Wildman–Crippen MR) is 70.0 cm³/mol. The maximum atomic E-state index is 10.5. The molecule has 0 aromatic heterocycles. The first-order valence-corrected chi connectivity index (χ1v) is 5.60. The number of hydrogen-bond acceptors (Lipinski definition) is 2. The number of nitrogens with zero attached hydrogens (tertiary/aromatic N) is 1. The predicted octanol–water partition coefficient (Wildman–Crippen LogP) is 2.75. The summed E-state index contributed by atoms with van der Waals surface area (Å²) in [7, 11) is 1.99. The molecule has 0 bridgehead atoms. The molecule has 17 heavy (non-hydrogen) atoms. The molecule has 0 N–H and O–H groups in total. The van der Waals surface area contributed by atoms with Gasteiger partial charge in [0, 0.05) is 19.4 Å². The highest BCUT2D eigenvalue weighted by molar-refractivity contribution is 5.62. The SMILES string of the molecule is CN1C=CC(=CC=C2C=CC(C=O)C=C2)C=C1. The molecule has 0 saturated carbocycles. The summed E-state index contributed by atoms with van der Waals surface area (Å²) in [4.78, 5) is 12.5. The van der Waals surface area contributed by atoms with Crippen LogP contribution in [0.1, 0.15) is 0 Å². The van der Waals surface area contributed by atoms with Crippen LogP contribution >= 0.6 is 0 Å². The van der Waals surface area contributed by atoms with Gasteiger partial charge in [-0.3, -0.25) is 0 Å². The lowest BCUT2D eigenvalue weighted by Crippen LogP contribution is -2.02. The Kier molecular flexibility index (Phi) is 3.55. The molecule has 0 saturated heterocycles. The third-order valence-corrected chi connectivity index (χ3v) is 2.65. The number of carbonyl (C=O) groups is 1. The molecule has 2 heteroatoms. The van der Waals surface area contributed by atoms with Crippen LogP contribution < -0.4 is 0 Å². The van der Waals surface area contributed by atoms with Crippen LogP contribution in [0.25, 0.3) is 0 Å². The first-order chi connectivity index (χ1) is 8.28. The molecule has 0 fully saturated rings. The van der Waals surface area contributed by atoms with Gasteiger partial charge in [-0.05, 0) is 23.3 Å². The van der Waals surface area contributed by atoms with Crippen LogP contribution in [0.15, 0.2) is 72.2 Å². The molecule has 0 aromatic rings. The van der Waals surface area contributed by atoms with Gasteiger partial charge in [-0.25, -0.2) is 0 Å². The molecule has 0 radical (unpaired) electrons. The van der Waals surface area contributed by atoms with Crippen LogP contribution in [0.5, 0.6) is 0 Å². The molecule has 2 rings (SSSR count). The lowest BCUT2D eigenvalue weighted by Gasteiger charge is -2.11. The second-order valence-electron chi connectivity index (χ2n) is 4.06. The van der Waals surface area contributed by atoms with E-state index in [1.807, 2.05) is 54.7 Å². The Morgan fingerprint density at radius 1 is 1.00 bits per heavy atom. The van der Waals surface area contributed by atoms with Crippen LogP contribution in [-0.2, 0) is 4.79 Å². The van der Waals surface area contributed by atoms with Crippen molar-refractivity contribution >= 4 is 6.29 Å². The molecule has 0 atom stereocenters. The monoisotopic (exact) mass is 225 g/mol. The standard InChI is InChI=1S/C15H15NO/c1-16-10-8-14(9-11-16)3-2-13-4-6-15(12-17)7-5-13/h2-12,15H,1H3. The zero-order valence-electron chi connectivity index (χ0n) is 9.78. The molecule has 2 nitrogen and oxygen atoms in total. The third-order valence-electron chi connectivity index (χ3n) is 2.65. The van der Waals surface area contributed by atoms with Crippen LogP contribution in [0.4, 0.5) is 0 Å². The Hall–Kier alpha value is -2.09. The number of aldehydes is 1. The first kappa shape index (κ1) is 11.4. The van der Waals surface area contributed by atoms with E-state index in [4.69, 9.17) is 0 Å². The van der Waals surface area contributed by atoms with Crippen molar-refractivity contribution < 1.29 is 4.79 Å². The number of allylic oxidation sites excluding steroid dienone is 10. The second-order valence-corrected chi connectivity index (χ2v) is 4.06. The van der Waals surface area contributed by atoms with Crippen molar-refractivity contribution in [1.82, 2.24) is 4.90 Å². The average molecular weight is 225 g/mol. The zero-order valence-corrected chi connectivity index (χ0v) is 9.78. The zero-order chi connectivity index (χ0) is 12.1. The fourth-order valence-corrected chi connectivity index (χ4v) is 1.58. The van der Waals surface area contributed by atoms with Gasteiger partial charge in [0.2, 0.25) is 0 Å². The minimum absolute atomic E-state index is 0.0667. The van der Waals surface area contributed by atoms with Crippen molar-refractivity contribution in [2.45, 2.75) is 0 Å². The maximum absolute atomic E-state index is 10.5. The molecule has 1 aliphatic carbocycles. The van der Waals surface area contributed by atoms with Gasteiger partial charge in [-0.15, -0.1) is 0 Å². The Labute approximate surface area is 102 Å². The lowest BCUT2D eigenvalue weighted by molar-refractivity contribution is -0.108. The number of hydrogen-bond donors (Lipinski definition) is 0. The van der Waals surface area contributed by atoms with Crippen molar-refractivity contribution in [2.75, 3.05) is 7.05 Å². The topological polar surface area (TPSA) is 20.3 Å². The average Bonchev–Trinajstić information content (AvgIpc) is 2.39. The Bertz CT molecular complexity index is 443. The summed E-state index contributed by atoms with van der Waals surface area (Å²) in [6, 6.07) is 0. The molecule has 0 amide bonds. The van der Waals surface area contributed by atoms with Gasteiger partial charge in [0.15, 0.2) is 0 Å². The number of rotatable bonds is 2. The van der Waals surface area contributed by atoms with Crippen molar-refractivity contribution in [3.8, 4) is 0 Å². The second kappa shape index (κ2) is 5.30. The van der Waals surface area contributed by atoms with Crippen LogP contribution in [0.3, 0.4) is 0 Å². The van der Waals surface area contributed by atoms with Crippen LogP contribution in [-0.4, -0.2) is 18.2 Å². The fourth-order valence-electron chi connectivity index (χ4n) is 1.58. The lowest BCUT2D eigenvalue weighted by atomic mass is 10.0. The summed E-state index contributed by atoms with van der Waals surface area (Å²) in [5.74, 6) is -0.0667. The first-order valence-electron chi connectivity index (χ1n) is 5.60. The molecule has 0 aromatic carbocycles. The van der Waals surface area contributed by atoms with Gasteiger partial charge < -0.3 is 9.69 Å². The van der Waals surface area contributed by atoms with Crippen molar-refractivity contribution in [2.24, 2.45) is 5.92 Å².